The SMILES string of the molecule is CCOC(=O)CCCOc1ccc(C#N)c(C)c1. The largest absolute Gasteiger partial charge is 0.494 e. The van der Waals surface area contributed by atoms with E-state index in [9.17, 15) is 4.79 Å². The van der Waals surface area contributed by atoms with Gasteiger partial charge >= 0.3 is 5.97 Å². The van der Waals surface area contributed by atoms with Gasteiger partial charge in [0.05, 0.1) is 24.8 Å². The van der Waals surface area contributed by atoms with Gasteiger partial charge in [0.25, 0.3) is 0 Å². The van der Waals surface area contributed by atoms with Crippen molar-refractivity contribution in [1.29, 1.82) is 5.26 Å². The van der Waals surface area contributed by atoms with E-state index in [0.717, 1.165) is 11.3 Å². The molecule has 96 valence electrons. The molecular formula is C14H17NO3. The Hall–Kier alpha value is -2.02. The number of nitriles is 1. The average Bonchev–Trinajstić information content (AvgIpc) is 2.35. The van der Waals surface area contributed by atoms with E-state index in [2.05, 4.69) is 6.07 Å². The summed E-state index contributed by atoms with van der Waals surface area (Å²) < 4.78 is 10.3. The van der Waals surface area contributed by atoms with Crippen molar-refractivity contribution in [1.82, 2.24) is 0 Å². The molecule has 0 heterocycles. The topological polar surface area (TPSA) is 59.3 Å². The monoisotopic (exact) mass is 247 g/mol. The van der Waals surface area contributed by atoms with E-state index < -0.39 is 0 Å². The van der Waals surface area contributed by atoms with E-state index in [4.69, 9.17) is 14.7 Å². The Labute approximate surface area is 107 Å². The van der Waals surface area contributed by atoms with Gasteiger partial charge in [0.15, 0.2) is 0 Å². The lowest BCUT2D eigenvalue weighted by Crippen LogP contribution is -2.06. The highest BCUT2D eigenvalue weighted by molar-refractivity contribution is 5.69. The molecule has 0 aromatic heterocycles. The van der Waals surface area contributed by atoms with Gasteiger partial charge in [0, 0.05) is 6.42 Å². The number of rotatable bonds is 6. The molecule has 0 fully saturated rings. The maximum absolute atomic E-state index is 11.1. The van der Waals surface area contributed by atoms with Crippen molar-refractivity contribution in [3.05, 3.63) is 29.3 Å². The second-order valence-corrected chi connectivity index (χ2v) is 3.85. The van der Waals surface area contributed by atoms with Crippen molar-refractivity contribution in [2.75, 3.05) is 13.2 Å². The first-order valence-electron chi connectivity index (χ1n) is 5.96. The van der Waals surface area contributed by atoms with Crippen LogP contribution in [0.5, 0.6) is 5.75 Å². The molecule has 0 spiro atoms. The molecule has 1 aromatic rings. The van der Waals surface area contributed by atoms with Crippen LogP contribution in [0.2, 0.25) is 0 Å². The Morgan fingerprint density at radius 3 is 2.83 bits per heavy atom. The first-order chi connectivity index (χ1) is 8.67. The minimum Gasteiger partial charge on any atom is -0.494 e. The van der Waals surface area contributed by atoms with E-state index in [-0.39, 0.29) is 5.97 Å². The maximum Gasteiger partial charge on any atom is 0.305 e. The minimum absolute atomic E-state index is 0.197. The summed E-state index contributed by atoms with van der Waals surface area (Å²) in [7, 11) is 0. The fraction of sp³-hybridized carbons (Fsp3) is 0.429. The molecule has 0 atom stereocenters. The summed E-state index contributed by atoms with van der Waals surface area (Å²) in [5.74, 6) is 0.521. The first kappa shape index (κ1) is 14.0. The third kappa shape index (κ3) is 4.46. The number of hydrogen-bond acceptors (Lipinski definition) is 4. The highest BCUT2D eigenvalue weighted by Gasteiger charge is 2.03. The number of carbonyl (C=O) groups excluding carboxylic acids is 1. The Bertz CT molecular complexity index is 449. The second-order valence-electron chi connectivity index (χ2n) is 3.85. The number of benzene rings is 1. The fourth-order valence-corrected chi connectivity index (χ4v) is 1.49. The van der Waals surface area contributed by atoms with Gasteiger partial charge in [0.2, 0.25) is 0 Å². The van der Waals surface area contributed by atoms with Crippen LogP contribution in [0.1, 0.15) is 30.9 Å². The number of aryl methyl sites for hydroxylation is 1. The van der Waals surface area contributed by atoms with Crippen LogP contribution in [0.4, 0.5) is 0 Å². The van der Waals surface area contributed by atoms with Crippen LogP contribution in [0, 0.1) is 18.3 Å². The minimum atomic E-state index is -0.197. The molecule has 0 N–H and O–H groups in total. The molecule has 18 heavy (non-hydrogen) atoms. The van der Waals surface area contributed by atoms with Gasteiger partial charge in [-0.1, -0.05) is 0 Å². The zero-order valence-electron chi connectivity index (χ0n) is 10.7. The molecule has 0 unspecified atom stereocenters. The van der Waals surface area contributed by atoms with Gasteiger partial charge in [-0.2, -0.15) is 5.26 Å². The highest BCUT2D eigenvalue weighted by atomic mass is 16.5. The normalized spacial score (nSPS) is 9.61. The second kappa shape index (κ2) is 7.33. The summed E-state index contributed by atoms with van der Waals surface area (Å²) in [5, 5.41) is 8.79. The maximum atomic E-state index is 11.1. The molecule has 0 aliphatic rings. The molecule has 0 amide bonds. The Morgan fingerprint density at radius 1 is 1.44 bits per heavy atom. The van der Waals surface area contributed by atoms with Crippen LogP contribution < -0.4 is 4.74 Å². The highest BCUT2D eigenvalue weighted by Crippen LogP contribution is 2.16. The number of ether oxygens (including phenoxy) is 2. The van der Waals surface area contributed by atoms with Gasteiger partial charge in [-0.3, -0.25) is 4.79 Å². The van der Waals surface area contributed by atoms with Gasteiger partial charge in [-0.05, 0) is 44.0 Å². The van der Waals surface area contributed by atoms with Crippen LogP contribution >= 0.6 is 0 Å². The van der Waals surface area contributed by atoms with Gasteiger partial charge in [-0.15, -0.1) is 0 Å². The zero-order chi connectivity index (χ0) is 13.4. The molecule has 0 bridgehead atoms. The predicted octanol–water partition coefficient (Wildman–Crippen LogP) is 2.59. The molecule has 1 rings (SSSR count). The smallest absolute Gasteiger partial charge is 0.305 e. The Morgan fingerprint density at radius 2 is 2.22 bits per heavy atom. The number of carbonyl (C=O) groups is 1. The van der Waals surface area contributed by atoms with Crippen molar-refractivity contribution in [3.63, 3.8) is 0 Å². The Balaban J connectivity index is 2.34. The molecule has 0 aliphatic heterocycles. The molecule has 4 heteroatoms. The number of hydrogen-bond donors (Lipinski definition) is 0. The van der Waals surface area contributed by atoms with Crippen molar-refractivity contribution in [2.45, 2.75) is 26.7 Å². The molecule has 0 saturated heterocycles. The van der Waals surface area contributed by atoms with Crippen molar-refractivity contribution >= 4 is 5.97 Å². The van der Waals surface area contributed by atoms with E-state index >= 15 is 0 Å². The number of nitrogens with zero attached hydrogens (tertiary/aromatic N) is 1. The summed E-state index contributed by atoms with van der Waals surface area (Å²) in [4.78, 5) is 11.1. The van der Waals surface area contributed by atoms with Crippen LogP contribution in [-0.2, 0) is 9.53 Å². The summed E-state index contributed by atoms with van der Waals surface area (Å²) in [5.41, 5.74) is 1.54. The quantitative estimate of drug-likeness (QED) is 0.572. The summed E-state index contributed by atoms with van der Waals surface area (Å²) in [6.45, 7) is 4.52. The van der Waals surface area contributed by atoms with Crippen LogP contribution in [0.3, 0.4) is 0 Å². The summed E-state index contributed by atoms with van der Waals surface area (Å²) in [6.07, 6.45) is 0.987. The molecule has 0 radical (unpaired) electrons. The molecule has 1 aromatic carbocycles. The van der Waals surface area contributed by atoms with Crippen LogP contribution in [0.15, 0.2) is 18.2 Å². The zero-order valence-corrected chi connectivity index (χ0v) is 10.7. The summed E-state index contributed by atoms with van der Waals surface area (Å²) >= 11 is 0. The molecule has 0 aliphatic carbocycles. The van der Waals surface area contributed by atoms with E-state index in [0.29, 0.717) is 31.6 Å². The molecule has 4 nitrogen and oxygen atoms in total. The van der Waals surface area contributed by atoms with Crippen LogP contribution in [0.25, 0.3) is 0 Å². The first-order valence-corrected chi connectivity index (χ1v) is 5.96. The lowest BCUT2D eigenvalue weighted by atomic mass is 10.1. The van der Waals surface area contributed by atoms with E-state index in [1.807, 2.05) is 13.0 Å². The molecule has 0 saturated carbocycles. The standard InChI is InChI=1S/C14H17NO3/c1-3-17-14(16)5-4-8-18-13-7-6-12(10-15)11(2)9-13/h6-7,9H,3-5,8H2,1-2H3. The van der Waals surface area contributed by atoms with E-state index in [1.165, 1.54) is 0 Å². The predicted molar refractivity (Wildman–Crippen MR) is 67.3 cm³/mol. The van der Waals surface area contributed by atoms with Crippen molar-refractivity contribution < 1.29 is 14.3 Å². The molecular weight excluding hydrogens is 230 g/mol. The van der Waals surface area contributed by atoms with E-state index in [1.54, 1.807) is 19.1 Å². The fourth-order valence-electron chi connectivity index (χ4n) is 1.49. The van der Waals surface area contributed by atoms with Gasteiger partial charge in [-0.25, -0.2) is 0 Å². The average molecular weight is 247 g/mol. The lowest BCUT2D eigenvalue weighted by Gasteiger charge is -2.07. The lowest BCUT2D eigenvalue weighted by molar-refractivity contribution is -0.143. The van der Waals surface area contributed by atoms with Crippen molar-refractivity contribution in [3.8, 4) is 11.8 Å². The van der Waals surface area contributed by atoms with Gasteiger partial charge in [0.1, 0.15) is 5.75 Å². The third-order valence-corrected chi connectivity index (χ3v) is 2.42. The summed E-state index contributed by atoms with van der Waals surface area (Å²) in [6, 6.07) is 7.42. The Kier molecular flexibility index (Phi) is 5.72. The van der Waals surface area contributed by atoms with Crippen LogP contribution in [-0.4, -0.2) is 19.2 Å². The van der Waals surface area contributed by atoms with Gasteiger partial charge < -0.3 is 9.47 Å². The van der Waals surface area contributed by atoms with Crippen molar-refractivity contribution in [2.24, 2.45) is 0 Å². The number of esters is 1. The third-order valence-electron chi connectivity index (χ3n) is 2.42.